The number of carbonyl (C=O) groups excluding carboxylic acids is 2. The fourth-order valence-corrected chi connectivity index (χ4v) is 3.21. The third-order valence-corrected chi connectivity index (χ3v) is 4.59. The average Bonchev–Trinajstić information content (AvgIpc) is 2.63. The van der Waals surface area contributed by atoms with Crippen LogP contribution in [-0.4, -0.2) is 18.0 Å². The minimum Gasteiger partial charge on any atom is -0.463 e. The van der Waals surface area contributed by atoms with Crippen LogP contribution in [0.4, 0.5) is 4.39 Å². The number of ether oxygens (including phenoxy) is 2. The van der Waals surface area contributed by atoms with Gasteiger partial charge in [0.25, 0.3) is 0 Å². The highest BCUT2D eigenvalue weighted by atomic mass is 19.1. The summed E-state index contributed by atoms with van der Waals surface area (Å²) in [6.45, 7) is 1.40. The van der Waals surface area contributed by atoms with Crippen molar-refractivity contribution in [3.05, 3.63) is 54.3 Å². The van der Waals surface area contributed by atoms with Gasteiger partial charge in [0, 0.05) is 6.92 Å². The number of hydrogen-bond donors (Lipinski definition) is 0. The van der Waals surface area contributed by atoms with E-state index in [0.717, 1.165) is 11.1 Å². The lowest BCUT2D eigenvalue weighted by atomic mass is 9.87. The molecular weight excluding hydrogens is 335 g/mol. The molecule has 0 spiro atoms. The first-order valence-electron chi connectivity index (χ1n) is 8.76. The molecular formula is C21H21FO4. The zero-order valence-electron chi connectivity index (χ0n) is 14.6. The van der Waals surface area contributed by atoms with Gasteiger partial charge in [0.05, 0.1) is 5.92 Å². The van der Waals surface area contributed by atoms with Crippen LogP contribution in [-0.2, 0) is 14.3 Å². The zero-order valence-corrected chi connectivity index (χ0v) is 14.6. The molecule has 0 bridgehead atoms. The van der Waals surface area contributed by atoms with Crippen LogP contribution in [0.1, 0.15) is 32.6 Å². The Morgan fingerprint density at radius 1 is 0.885 bits per heavy atom. The van der Waals surface area contributed by atoms with E-state index < -0.39 is 0 Å². The number of benzene rings is 2. The van der Waals surface area contributed by atoms with Gasteiger partial charge in [-0.05, 0) is 61.1 Å². The fourth-order valence-electron chi connectivity index (χ4n) is 3.21. The monoisotopic (exact) mass is 356 g/mol. The SMILES string of the molecule is CC(=O)O[C@H]1CC[C@H](C(=O)Oc2ccc(-c3ccc(F)cc3)cc2)CC1. The molecule has 1 fully saturated rings. The van der Waals surface area contributed by atoms with Gasteiger partial charge in [0.1, 0.15) is 17.7 Å². The lowest BCUT2D eigenvalue weighted by molar-refractivity contribution is -0.149. The molecule has 0 amide bonds. The van der Waals surface area contributed by atoms with E-state index in [1.54, 1.807) is 24.3 Å². The van der Waals surface area contributed by atoms with E-state index in [2.05, 4.69) is 0 Å². The summed E-state index contributed by atoms with van der Waals surface area (Å²) in [5, 5.41) is 0. The van der Waals surface area contributed by atoms with Crippen LogP contribution in [0.2, 0.25) is 0 Å². The van der Waals surface area contributed by atoms with Gasteiger partial charge in [-0.2, -0.15) is 0 Å². The van der Waals surface area contributed by atoms with E-state index in [4.69, 9.17) is 9.47 Å². The van der Waals surface area contributed by atoms with Gasteiger partial charge in [0.2, 0.25) is 0 Å². The largest absolute Gasteiger partial charge is 0.463 e. The predicted molar refractivity (Wildman–Crippen MR) is 95.0 cm³/mol. The average molecular weight is 356 g/mol. The molecule has 0 heterocycles. The molecule has 0 aliphatic heterocycles. The topological polar surface area (TPSA) is 52.6 Å². The Hall–Kier alpha value is -2.69. The standard InChI is InChI=1S/C21H21FO4/c1-14(23)25-19-12-6-17(7-13-19)21(24)26-20-10-4-16(5-11-20)15-2-8-18(22)9-3-15/h2-5,8-11,17,19H,6-7,12-13H2,1H3/t17-,19-. The molecule has 1 saturated carbocycles. The lowest BCUT2D eigenvalue weighted by Crippen LogP contribution is -2.29. The Bertz CT molecular complexity index is 760. The van der Waals surface area contributed by atoms with Crippen LogP contribution in [0.3, 0.4) is 0 Å². The molecule has 4 nitrogen and oxygen atoms in total. The molecule has 0 N–H and O–H groups in total. The quantitative estimate of drug-likeness (QED) is 0.597. The Balaban J connectivity index is 1.55. The number of halogens is 1. The summed E-state index contributed by atoms with van der Waals surface area (Å²) in [6.07, 6.45) is 2.59. The third-order valence-electron chi connectivity index (χ3n) is 4.59. The zero-order chi connectivity index (χ0) is 18.5. The minimum atomic E-state index is -0.280. The maximum atomic E-state index is 13.0. The lowest BCUT2D eigenvalue weighted by Gasteiger charge is -2.26. The van der Waals surface area contributed by atoms with Crippen LogP contribution in [0.25, 0.3) is 11.1 Å². The van der Waals surface area contributed by atoms with E-state index in [1.807, 2.05) is 12.1 Å². The highest BCUT2D eigenvalue weighted by Crippen LogP contribution is 2.29. The number of hydrogen-bond acceptors (Lipinski definition) is 4. The minimum absolute atomic E-state index is 0.0912. The summed E-state index contributed by atoms with van der Waals surface area (Å²) < 4.78 is 23.7. The van der Waals surface area contributed by atoms with Crippen molar-refractivity contribution in [1.82, 2.24) is 0 Å². The maximum Gasteiger partial charge on any atom is 0.314 e. The van der Waals surface area contributed by atoms with E-state index >= 15 is 0 Å². The molecule has 0 aromatic heterocycles. The highest BCUT2D eigenvalue weighted by molar-refractivity contribution is 5.75. The van der Waals surface area contributed by atoms with Gasteiger partial charge >= 0.3 is 11.9 Å². The first-order chi connectivity index (χ1) is 12.5. The van der Waals surface area contributed by atoms with Crippen LogP contribution in [0.15, 0.2) is 48.5 Å². The van der Waals surface area contributed by atoms with Crippen molar-refractivity contribution in [2.75, 3.05) is 0 Å². The molecule has 0 atom stereocenters. The van der Waals surface area contributed by atoms with Crippen molar-refractivity contribution >= 4 is 11.9 Å². The van der Waals surface area contributed by atoms with Crippen LogP contribution in [0, 0.1) is 11.7 Å². The van der Waals surface area contributed by atoms with Crippen molar-refractivity contribution in [2.45, 2.75) is 38.7 Å². The normalized spacial score (nSPS) is 19.6. The summed E-state index contributed by atoms with van der Waals surface area (Å²) in [5.41, 5.74) is 1.82. The molecule has 0 unspecified atom stereocenters. The molecule has 0 radical (unpaired) electrons. The van der Waals surface area contributed by atoms with Crippen LogP contribution < -0.4 is 4.74 Å². The summed E-state index contributed by atoms with van der Waals surface area (Å²) >= 11 is 0. The van der Waals surface area contributed by atoms with Gasteiger partial charge in [-0.25, -0.2) is 4.39 Å². The van der Waals surface area contributed by atoms with Gasteiger partial charge in [0.15, 0.2) is 0 Å². The Morgan fingerprint density at radius 3 is 1.96 bits per heavy atom. The first kappa shape index (κ1) is 18.1. The molecule has 26 heavy (non-hydrogen) atoms. The molecule has 3 rings (SSSR count). The Labute approximate surface area is 151 Å². The molecule has 2 aromatic carbocycles. The van der Waals surface area contributed by atoms with E-state index in [9.17, 15) is 14.0 Å². The van der Waals surface area contributed by atoms with Crippen molar-refractivity contribution in [3.63, 3.8) is 0 Å². The van der Waals surface area contributed by atoms with E-state index in [0.29, 0.717) is 31.4 Å². The second-order valence-electron chi connectivity index (χ2n) is 6.54. The number of carbonyl (C=O) groups is 2. The summed E-state index contributed by atoms with van der Waals surface area (Å²) in [4.78, 5) is 23.3. The molecule has 136 valence electrons. The molecule has 5 heteroatoms. The summed E-state index contributed by atoms with van der Waals surface area (Å²) in [5.74, 6) is -0.484. The second kappa shape index (κ2) is 8.13. The number of esters is 2. The van der Waals surface area contributed by atoms with Crippen LogP contribution >= 0.6 is 0 Å². The van der Waals surface area contributed by atoms with Gasteiger partial charge in [-0.15, -0.1) is 0 Å². The van der Waals surface area contributed by atoms with Crippen LogP contribution in [0.5, 0.6) is 5.75 Å². The maximum absolute atomic E-state index is 13.0. The van der Waals surface area contributed by atoms with E-state index in [-0.39, 0.29) is 29.8 Å². The summed E-state index contributed by atoms with van der Waals surface area (Å²) in [6, 6.07) is 13.4. The third kappa shape index (κ3) is 4.69. The predicted octanol–water partition coefficient (Wildman–Crippen LogP) is 4.52. The molecule has 0 saturated heterocycles. The number of rotatable bonds is 4. The van der Waals surface area contributed by atoms with Crippen molar-refractivity contribution in [2.24, 2.45) is 5.92 Å². The van der Waals surface area contributed by atoms with Gasteiger partial charge < -0.3 is 9.47 Å². The van der Waals surface area contributed by atoms with Gasteiger partial charge in [-0.3, -0.25) is 9.59 Å². The van der Waals surface area contributed by atoms with Crippen molar-refractivity contribution < 1.29 is 23.5 Å². The highest BCUT2D eigenvalue weighted by Gasteiger charge is 2.29. The van der Waals surface area contributed by atoms with Crippen molar-refractivity contribution in [1.29, 1.82) is 0 Å². The summed E-state index contributed by atoms with van der Waals surface area (Å²) in [7, 11) is 0. The molecule has 1 aliphatic rings. The Morgan fingerprint density at radius 2 is 1.42 bits per heavy atom. The molecule has 2 aromatic rings. The smallest absolute Gasteiger partial charge is 0.314 e. The Kier molecular flexibility index (Phi) is 5.66. The van der Waals surface area contributed by atoms with E-state index in [1.165, 1.54) is 19.1 Å². The first-order valence-corrected chi connectivity index (χ1v) is 8.76. The van der Waals surface area contributed by atoms with Crippen molar-refractivity contribution in [3.8, 4) is 16.9 Å². The molecule has 1 aliphatic carbocycles. The second-order valence-corrected chi connectivity index (χ2v) is 6.54. The fraction of sp³-hybridized carbons (Fsp3) is 0.333. The van der Waals surface area contributed by atoms with Gasteiger partial charge in [-0.1, -0.05) is 24.3 Å².